The second-order valence-corrected chi connectivity index (χ2v) is 6.35. The summed E-state index contributed by atoms with van der Waals surface area (Å²) in [6, 6.07) is -0.159. The molecule has 2 atom stereocenters. The average Bonchev–Trinajstić information content (AvgIpc) is 2.78. The third-order valence-corrected chi connectivity index (χ3v) is 5.23. The lowest BCUT2D eigenvalue weighted by Crippen LogP contribution is -2.41. The molecule has 2 aromatic heterocycles. The Morgan fingerprint density at radius 2 is 2.25 bits per heavy atom. The fourth-order valence-corrected chi connectivity index (χ4v) is 3.36. The van der Waals surface area contributed by atoms with Crippen molar-refractivity contribution in [2.75, 3.05) is 18.6 Å². The molecule has 8 heteroatoms. The lowest BCUT2D eigenvalue weighted by Gasteiger charge is -2.20. The number of amides is 1. The van der Waals surface area contributed by atoms with Gasteiger partial charge in [-0.3, -0.25) is 4.79 Å². The topological polar surface area (TPSA) is 101 Å². The van der Waals surface area contributed by atoms with E-state index in [2.05, 4.69) is 15.3 Å². The SMILES string of the molecule is CSC(CO)C(C)NC(=O)c1sc2nccnc2c1N. The van der Waals surface area contributed by atoms with E-state index >= 15 is 0 Å². The average molecular weight is 312 g/mol. The summed E-state index contributed by atoms with van der Waals surface area (Å²) in [5.74, 6) is -0.257. The van der Waals surface area contributed by atoms with Crippen LogP contribution in [0.25, 0.3) is 10.3 Å². The molecule has 20 heavy (non-hydrogen) atoms. The Hall–Kier alpha value is -1.38. The summed E-state index contributed by atoms with van der Waals surface area (Å²) in [5.41, 5.74) is 6.86. The molecule has 0 aliphatic carbocycles. The van der Waals surface area contributed by atoms with Crippen molar-refractivity contribution in [3.05, 3.63) is 17.3 Å². The molecule has 108 valence electrons. The smallest absolute Gasteiger partial charge is 0.263 e. The molecule has 4 N–H and O–H groups in total. The second-order valence-electron chi connectivity index (χ2n) is 4.27. The molecule has 0 saturated carbocycles. The number of carbonyl (C=O) groups excluding carboxylic acids is 1. The van der Waals surface area contributed by atoms with Crippen LogP contribution in [-0.4, -0.2) is 45.1 Å². The van der Waals surface area contributed by atoms with Gasteiger partial charge in [0.2, 0.25) is 0 Å². The Balaban J connectivity index is 2.21. The van der Waals surface area contributed by atoms with Gasteiger partial charge in [-0.15, -0.1) is 11.3 Å². The summed E-state index contributed by atoms with van der Waals surface area (Å²) in [4.78, 5) is 21.6. The summed E-state index contributed by atoms with van der Waals surface area (Å²) in [6.45, 7) is 1.86. The highest BCUT2D eigenvalue weighted by Crippen LogP contribution is 2.30. The normalized spacial score (nSPS) is 14.2. The zero-order chi connectivity index (χ0) is 14.7. The van der Waals surface area contributed by atoms with E-state index in [-0.39, 0.29) is 23.8 Å². The number of thioether (sulfide) groups is 1. The molecule has 2 aromatic rings. The van der Waals surface area contributed by atoms with Gasteiger partial charge in [0, 0.05) is 23.7 Å². The molecular weight excluding hydrogens is 296 g/mol. The van der Waals surface area contributed by atoms with Crippen LogP contribution in [0.5, 0.6) is 0 Å². The Kier molecular flexibility index (Phi) is 4.79. The molecule has 2 rings (SSSR count). The van der Waals surface area contributed by atoms with Crippen molar-refractivity contribution in [2.24, 2.45) is 0 Å². The van der Waals surface area contributed by atoms with E-state index in [4.69, 9.17) is 5.73 Å². The zero-order valence-corrected chi connectivity index (χ0v) is 12.8. The molecule has 0 bridgehead atoms. The number of aliphatic hydroxyl groups excluding tert-OH is 1. The summed E-state index contributed by atoms with van der Waals surface area (Å²) in [5, 5.41) is 12.0. The number of carbonyl (C=O) groups is 1. The Morgan fingerprint density at radius 3 is 2.85 bits per heavy atom. The molecule has 0 saturated heterocycles. The summed E-state index contributed by atoms with van der Waals surface area (Å²) < 4.78 is 0. The van der Waals surface area contributed by atoms with E-state index < -0.39 is 0 Å². The predicted octanol–water partition coefficient (Wildman–Crippen LogP) is 1.12. The Morgan fingerprint density at radius 1 is 1.55 bits per heavy atom. The molecule has 0 aromatic carbocycles. The summed E-state index contributed by atoms with van der Waals surface area (Å²) in [7, 11) is 0. The number of nitrogens with one attached hydrogen (secondary N) is 1. The molecule has 0 radical (unpaired) electrons. The van der Waals surface area contributed by atoms with Gasteiger partial charge < -0.3 is 16.2 Å². The van der Waals surface area contributed by atoms with E-state index in [1.54, 1.807) is 12.4 Å². The molecular formula is C12H16N4O2S2. The van der Waals surface area contributed by atoms with E-state index in [1.165, 1.54) is 23.1 Å². The predicted molar refractivity (Wildman–Crippen MR) is 83.1 cm³/mol. The van der Waals surface area contributed by atoms with Crippen LogP contribution in [0.3, 0.4) is 0 Å². The number of aliphatic hydroxyl groups is 1. The van der Waals surface area contributed by atoms with Crippen molar-refractivity contribution >= 4 is 45.0 Å². The fraction of sp³-hybridized carbons (Fsp3) is 0.417. The molecule has 1 amide bonds. The van der Waals surface area contributed by atoms with Crippen LogP contribution in [0.2, 0.25) is 0 Å². The minimum absolute atomic E-state index is 0.00756. The van der Waals surface area contributed by atoms with Gasteiger partial charge in [-0.1, -0.05) is 0 Å². The number of nitrogens with two attached hydrogens (primary N) is 1. The third-order valence-electron chi connectivity index (χ3n) is 2.97. The van der Waals surface area contributed by atoms with Crippen molar-refractivity contribution in [3.8, 4) is 0 Å². The third kappa shape index (κ3) is 2.87. The number of fused-ring (bicyclic) bond motifs is 1. The van der Waals surface area contributed by atoms with Gasteiger partial charge in [0.25, 0.3) is 5.91 Å². The molecule has 2 unspecified atom stereocenters. The number of thiophene rings is 1. The van der Waals surface area contributed by atoms with Crippen LogP contribution >= 0.6 is 23.1 Å². The van der Waals surface area contributed by atoms with Crippen LogP contribution < -0.4 is 11.1 Å². The zero-order valence-electron chi connectivity index (χ0n) is 11.2. The van der Waals surface area contributed by atoms with Crippen LogP contribution in [0, 0.1) is 0 Å². The Labute approximate surface area is 124 Å². The minimum atomic E-state index is -0.257. The van der Waals surface area contributed by atoms with Crippen LogP contribution in [0.1, 0.15) is 16.6 Å². The van der Waals surface area contributed by atoms with Crippen LogP contribution in [0.4, 0.5) is 5.69 Å². The summed E-state index contributed by atoms with van der Waals surface area (Å²) >= 11 is 2.73. The first kappa shape index (κ1) is 15.0. The molecule has 0 aliphatic heterocycles. The number of anilines is 1. The number of nitrogen functional groups attached to an aromatic ring is 1. The maximum atomic E-state index is 12.3. The maximum absolute atomic E-state index is 12.3. The quantitative estimate of drug-likeness (QED) is 0.765. The highest BCUT2D eigenvalue weighted by Gasteiger charge is 2.22. The lowest BCUT2D eigenvalue weighted by atomic mass is 10.2. The number of hydrogen-bond donors (Lipinski definition) is 3. The van der Waals surface area contributed by atoms with Crippen molar-refractivity contribution in [1.82, 2.24) is 15.3 Å². The van der Waals surface area contributed by atoms with Crippen molar-refractivity contribution < 1.29 is 9.90 Å². The van der Waals surface area contributed by atoms with Crippen molar-refractivity contribution in [3.63, 3.8) is 0 Å². The molecule has 0 aliphatic rings. The number of nitrogens with zero attached hydrogens (tertiary/aromatic N) is 2. The van der Waals surface area contributed by atoms with E-state index in [0.717, 1.165) is 0 Å². The first-order chi connectivity index (χ1) is 9.58. The van der Waals surface area contributed by atoms with Gasteiger partial charge in [0.15, 0.2) is 0 Å². The molecule has 0 spiro atoms. The number of rotatable bonds is 5. The maximum Gasteiger partial charge on any atom is 0.263 e. The number of aromatic nitrogens is 2. The van der Waals surface area contributed by atoms with Gasteiger partial charge in [0.1, 0.15) is 15.2 Å². The Bertz CT molecular complexity index is 613. The monoisotopic (exact) mass is 312 g/mol. The van der Waals surface area contributed by atoms with Crippen molar-refractivity contribution in [2.45, 2.75) is 18.2 Å². The van der Waals surface area contributed by atoms with E-state index in [9.17, 15) is 9.90 Å². The first-order valence-electron chi connectivity index (χ1n) is 6.02. The second kappa shape index (κ2) is 6.38. The molecule has 0 fully saturated rings. The summed E-state index contributed by atoms with van der Waals surface area (Å²) in [6.07, 6.45) is 5.01. The largest absolute Gasteiger partial charge is 0.396 e. The van der Waals surface area contributed by atoms with Gasteiger partial charge in [-0.25, -0.2) is 9.97 Å². The van der Waals surface area contributed by atoms with E-state index in [1.807, 2.05) is 13.2 Å². The highest BCUT2D eigenvalue weighted by atomic mass is 32.2. The molecule has 6 nitrogen and oxygen atoms in total. The van der Waals surface area contributed by atoms with Gasteiger partial charge in [-0.05, 0) is 13.2 Å². The lowest BCUT2D eigenvalue weighted by molar-refractivity contribution is 0.0941. The van der Waals surface area contributed by atoms with Crippen LogP contribution in [0.15, 0.2) is 12.4 Å². The van der Waals surface area contributed by atoms with Gasteiger partial charge in [0.05, 0.1) is 12.3 Å². The standard InChI is InChI=1S/C12H16N4O2S2/c1-6(7(5-17)19-2)16-11(18)10-8(13)9-12(20-10)15-4-3-14-9/h3-4,6-7,17H,5,13H2,1-2H3,(H,16,18). The molecule has 2 heterocycles. The van der Waals surface area contributed by atoms with Gasteiger partial charge in [-0.2, -0.15) is 11.8 Å². The van der Waals surface area contributed by atoms with Gasteiger partial charge >= 0.3 is 0 Å². The van der Waals surface area contributed by atoms with Crippen molar-refractivity contribution in [1.29, 1.82) is 0 Å². The van der Waals surface area contributed by atoms with E-state index in [0.29, 0.717) is 20.9 Å². The first-order valence-corrected chi connectivity index (χ1v) is 8.12. The minimum Gasteiger partial charge on any atom is -0.396 e. The highest BCUT2D eigenvalue weighted by molar-refractivity contribution is 7.99. The fourth-order valence-electron chi connectivity index (χ4n) is 1.81. The number of hydrogen-bond acceptors (Lipinski definition) is 7. The van der Waals surface area contributed by atoms with Crippen LogP contribution in [-0.2, 0) is 0 Å².